The second-order valence-electron chi connectivity index (χ2n) is 6.47. The molecule has 1 heterocycles. The minimum Gasteiger partial charge on any atom is -0.480 e. The Morgan fingerprint density at radius 3 is 2.83 bits per heavy atom. The Morgan fingerprint density at radius 2 is 2.14 bits per heavy atom. The van der Waals surface area contributed by atoms with Crippen LogP contribution in [0.4, 0.5) is 0 Å². The number of ether oxygens (including phenoxy) is 2. The molecule has 0 aromatic heterocycles. The summed E-state index contributed by atoms with van der Waals surface area (Å²) in [6.45, 7) is 3.75. The van der Waals surface area contributed by atoms with Gasteiger partial charge in [-0.05, 0) is 31.5 Å². The van der Waals surface area contributed by atoms with Crippen molar-refractivity contribution in [3.63, 3.8) is 0 Å². The van der Waals surface area contributed by atoms with Crippen molar-refractivity contribution in [1.29, 1.82) is 0 Å². The first kappa shape index (κ1) is 22.9. The highest BCUT2D eigenvalue weighted by atomic mass is 32.2. The number of hydrogen-bond donors (Lipinski definition) is 0. The molecule has 0 saturated carbocycles. The van der Waals surface area contributed by atoms with Gasteiger partial charge in [-0.15, -0.1) is 0 Å². The van der Waals surface area contributed by atoms with Crippen molar-refractivity contribution in [2.45, 2.75) is 29.5 Å². The number of para-hydroxylation sites is 1. The molecule has 0 spiro atoms. The zero-order valence-corrected chi connectivity index (χ0v) is 18.0. The van der Waals surface area contributed by atoms with E-state index in [1.54, 1.807) is 12.1 Å². The number of esters is 1. The van der Waals surface area contributed by atoms with E-state index < -0.39 is 26.8 Å². The van der Waals surface area contributed by atoms with Gasteiger partial charge in [-0.1, -0.05) is 29.1 Å². The molecule has 1 atom stereocenters. The highest BCUT2D eigenvalue weighted by Gasteiger charge is 2.49. The molecule has 2 rings (SSSR count). The summed E-state index contributed by atoms with van der Waals surface area (Å²) in [5.74, 6) is 5.33. The normalized spacial score (nSPS) is 18.7. The van der Waals surface area contributed by atoms with Gasteiger partial charge in [0.15, 0.2) is 0 Å². The standard InChI is InChI=1S/C18H22N4O5S2/c1-18(2)16(17(23)26-3)22(11-13-28-18)29(24,25)15-9-5-4-8-14(15)27-12-7-6-10-20-21-19/h4-5,8-9,16H,10-13H2,1-3H3/t16-/m0/s1. The smallest absolute Gasteiger partial charge is 0.325 e. The van der Waals surface area contributed by atoms with Gasteiger partial charge in [0.2, 0.25) is 10.0 Å². The second kappa shape index (κ2) is 9.89. The fraction of sp³-hybridized carbons (Fsp3) is 0.500. The molecule has 1 saturated heterocycles. The van der Waals surface area contributed by atoms with Crippen molar-refractivity contribution in [3.05, 3.63) is 34.7 Å². The topological polar surface area (TPSA) is 122 Å². The number of carbonyl (C=O) groups excluding carboxylic acids is 1. The van der Waals surface area contributed by atoms with Gasteiger partial charge in [0.25, 0.3) is 0 Å². The van der Waals surface area contributed by atoms with Gasteiger partial charge in [-0.3, -0.25) is 4.79 Å². The average molecular weight is 439 g/mol. The Balaban J connectivity index is 2.35. The summed E-state index contributed by atoms with van der Waals surface area (Å²) in [6.07, 6.45) is 0. The van der Waals surface area contributed by atoms with Crippen LogP contribution < -0.4 is 4.74 Å². The lowest BCUT2D eigenvalue weighted by molar-refractivity contribution is -0.146. The summed E-state index contributed by atoms with van der Waals surface area (Å²) < 4.78 is 37.8. The van der Waals surface area contributed by atoms with Gasteiger partial charge in [0.05, 0.1) is 13.7 Å². The maximum absolute atomic E-state index is 13.4. The van der Waals surface area contributed by atoms with Crippen LogP contribution in [0.25, 0.3) is 10.4 Å². The number of rotatable bonds is 6. The number of thioether (sulfide) groups is 1. The molecular weight excluding hydrogens is 416 g/mol. The van der Waals surface area contributed by atoms with Crippen molar-refractivity contribution < 1.29 is 22.7 Å². The fourth-order valence-electron chi connectivity index (χ4n) is 2.92. The number of azide groups is 1. The molecule has 1 aromatic carbocycles. The summed E-state index contributed by atoms with van der Waals surface area (Å²) in [7, 11) is -2.80. The lowest BCUT2D eigenvalue weighted by Crippen LogP contribution is -2.58. The molecule has 0 unspecified atom stereocenters. The molecule has 0 bridgehead atoms. The Kier molecular flexibility index (Phi) is 7.81. The van der Waals surface area contributed by atoms with E-state index in [4.69, 9.17) is 15.0 Å². The molecular formula is C18H22N4O5S2. The van der Waals surface area contributed by atoms with E-state index in [9.17, 15) is 13.2 Å². The Hall–Kier alpha value is -2.38. The predicted molar refractivity (Wildman–Crippen MR) is 110 cm³/mol. The number of carbonyl (C=O) groups is 1. The molecule has 0 amide bonds. The molecule has 1 aliphatic rings. The fourth-order valence-corrected chi connectivity index (χ4v) is 6.14. The third-order valence-corrected chi connectivity index (χ3v) is 7.49. The van der Waals surface area contributed by atoms with Gasteiger partial charge < -0.3 is 9.47 Å². The van der Waals surface area contributed by atoms with Crippen molar-refractivity contribution >= 4 is 27.8 Å². The Morgan fingerprint density at radius 1 is 1.41 bits per heavy atom. The van der Waals surface area contributed by atoms with Crippen LogP contribution in [0, 0.1) is 11.8 Å². The van der Waals surface area contributed by atoms with E-state index in [-0.39, 0.29) is 30.3 Å². The molecule has 1 aliphatic heterocycles. The molecule has 0 N–H and O–H groups in total. The lowest BCUT2D eigenvalue weighted by atomic mass is 10.0. The van der Waals surface area contributed by atoms with Gasteiger partial charge in [-0.2, -0.15) is 16.1 Å². The van der Waals surface area contributed by atoms with E-state index in [2.05, 4.69) is 21.9 Å². The van der Waals surface area contributed by atoms with E-state index >= 15 is 0 Å². The summed E-state index contributed by atoms with van der Waals surface area (Å²) in [6, 6.07) is 5.23. The number of sulfonamides is 1. The molecule has 156 valence electrons. The van der Waals surface area contributed by atoms with Crippen LogP contribution in [0.15, 0.2) is 34.3 Å². The first-order valence-electron chi connectivity index (χ1n) is 8.67. The van der Waals surface area contributed by atoms with Gasteiger partial charge in [0, 0.05) is 22.0 Å². The maximum atomic E-state index is 13.4. The molecule has 9 nitrogen and oxygen atoms in total. The first-order chi connectivity index (χ1) is 13.8. The van der Waals surface area contributed by atoms with Crippen molar-refractivity contribution in [3.8, 4) is 17.6 Å². The van der Waals surface area contributed by atoms with Gasteiger partial charge in [-0.25, -0.2) is 8.42 Å². The quantitative estimate of drug-likeness (QED) is 0.221. The molecule has 0 radical (unpaired) electrons. The largest absolute Gasteiger partial charge is 0.480 e. The molecule has 1 aromatic rings. The monoisotopic (exact) mass is 438 g/mol. The van der Waals surface area contributed by atoms with Crippen LogP contribution in [0.5, 0.6) is 5.75 Å². The Bertz CT molecular complexity index is 962. The number of hydrogen-bond acceptors (Lipinski definition) is 7. The molecule has 0 aliphatic carbocycles. The number of nitrogens with zero attached hydrogens (tertiary/aromatic N) is 4. The van der Waals surface area contributed by atoms with Crippen LogP contribution in [0.2, 0.25) is 0 Å². The van der Waals surface area contributed by atoms with Crippen molar-refractivity contribution in [2.24, 2.45) is 5.11 Å². The van der Waals surface area contributed by atoms with Crippen LogP contribution in [-0.4, -0.2) is 62.0 Å². The van der Waals surface area contributed by atoms with Crippen LogP contribution in [0.1, 0.15) is 13.8 Å². The van der Waals surface area contributed by atoms with Crippen LogP contribution in [-0.2, 0) is 19.6 Å². The van der Waals surface area contributed by atoms with E-state index in [1.807, 2.05) is 13.8 Å². The molecule has 11 heteroatoms. The third-order valence-electron chi connectivity index (χ3n) is 4.23. The molecule has 1 fully saturated rings. The van der Waals surface area contributed by atoms with Crippen LogP contribution in [0.3, 0.4) is 0 Å². The minimum atomic E-state index is -4.04. The zero-order chi connectivity index (χ0) is 21.5. The number of methoxy groups -OCH3 is 1. The van der Waals surface area contributed by atoms with Gasteiger partial charge in [0.1, 0.15) is 23.3 Å². The predicted octanol–water partition coefficient (Wildman–Crippen LogP) is 2.44. The zero-order valence-electron chi connectivity index (χ0n) is 16.4. The highest BCUT2D eigenvalue weighted by molar-refractivity contribution is 8.01. The van der Waals surface area contributed by atoms with E-state index in [0.29, 0.717) is 5.75 Å². The van der Waals surface area contributed by atoms with Gasteiger partial charge >= 0.3 is 5.97 Å². The summed E-state index contributed by atoms with van der Waals surface area (Å²) in [5, 5.41) is 3.28. The minimum absolute atomic E-state index is 0.00113. The molecule has 29 heavy (non-hydrogen) atoms. The Labute approximate surface area is 174 Å². The number of benzene rings is 1. The lowest BCUT2D eigenvalue weighted by Gasteiger charge is -2.43. The average Bonchev–Trinajstić information content (AvgIpc) is 2.69. The van der Waals surface area contributed by atoms with E-state index in [1.165, 1.54) is 35.3 Å². The first-order valence-corrected chi connectivity index (χ1v) is 11.1. The van der Waals surface area contributed by atoms with Crippen molar-refractivity contribution in [2.75, 3.05) is 32.6 Å². The van der Waals surface area contributed by atoms with E-state index in [0.717, 1.165) is 0 Å². The maximum Gasteiger partial charge on any atom is 0.325 e. The summed E-state index contributed by atoms with van der Waals surface area (Å²) in [5.41, 5.74) is 8.22. The summed E-state index contributed by atoms with van der Waals surface area (Å²) in [4.78, 5) is 15.0. The second-order valence-corrected chi connectivity index (χ2v) is 10.1. The van der Waals surface area contributed by atoms with Crippen LogP contribution >= 0.6 is 11.8 Å². The SMILES string of the molecule is COC(=O)[C@@H]1N(S(=O)(=O)c2ccccc2OCC#CCN=[N+]=[N-])CCSC1(C)C. The third kappa shape index (κ3) is 5.36. The van der Waals surface area contributed by atoms with Crippen molar-refractivity contribution in [1.82, 2.24) is 4.31 Å². The highest BCUT2D eigenvalue weighted by Crippen LogP contribution is 2.40. The summed E-state index contributed by atoms with van der Waals surface area (Å²) >= 11 is 1.52.